The third-order valence-corrected chi connectivity index (χ3v) is 3.03. The van der Waals surface area contributed by atoms with E-state index in [1.165, 1.54) is 23.7 Å². The van der Waals surface area contributed by atoms with Gasteiger partial charge >= 0.3 is 0 Å². The Morgan fingerprint density at radius 1 is 1.47 bits per heavy atom. The normalized spacial score (nSPS) is 10.6. The summed E-state index contributed by atoms with van der Waals surface area (Å²) in [6, 6.07) is 4.25. The van der Waals surface area contributed by atoms with Crippen LogP contribution in [-0.2, 0) is 0 Å². The van der Waals surface area contributed by atoms with E-state index < -0.39 is 0 Å². The fourth-order valence-electron chi connectivity index (χ4n) is 1.53. The average molecular weight is 298 g/mol. The van der Waals surface area contributed by atoms with Crippen LogP contribution in [0.2, 0.25) is 0 Å². The molecule has 0 fully saturated rings. The van der Waals surface area contributed by atoms with E-state index in [0.717, 1.165) is 0 Å². The van der Waals surface area contributed by atoms with Crippen molar-refractivity contribution in [3.05, 3.63) is 39.9 Å². The van der Waals surface area contributed by atoms with Crippen molar-refractivity contribution in [3.8, 4) is 5.69 Å². The molecule has 1 aromatic carbocycles. The van der Waals surface area contributed by atoms with Gasteiger partial charge in [0.15, 0.2) is 11.5 Å². The minimum Gasteiger partial charge on any atom is -0.293 e. The summed E-state index contributed by atoms with van der Waals surface area (Å²) in [5.41, 5.74) is 1.40. The van der Waals surface area contributed by atoms with Crippen LogP contribution in [0.25, 0.3) is 5.69 Å². The highest BCUT2D eigenvalue weighted by molar-refractivity contribution is 9.10. The first-order valence-corrected chi connectivity index (χ1v) is 5.68. The van der Waals surface area contributed by atoms with Crippen molar-refractivity contribution in [2.45, 2.75) is 13.8 Å². The lowest BCUT2D eigenvalue weighted by Crippen LogP contribution is -2.02. The molecule has 2 rings (SSSR count). The topological polar surface area (TPSA) is 47.8 Å². The van der Waals surface area contributed by atoms with Gasteiger partial charge in [-0.25, -0.2) is 9.07 Å². The Kier molecular flexibility index (Phi) is 3.06. The number of halogens is 2. The second-order valence-electron chi connectivity index (χ2n) is 3.59. The van der Waals surface area contributed by atoms with Crippen LogP contribution in [0.4, 0.5) is 4.39 Å². The summed E-state index contributed by atoms with van der Waals surface area (Å²) in [5, 5.41) is 7.64. The highest BCUT2D eigenvalue weighted by Crippen LogP contribution is 2.23. The van der Waals surface area contributed by atoms with Crippen LogP contribution in [0.1, 0.15) is 23.1 Å². The zero-order chi connectivity index (χ0) is 12.6. The van der Waals surface area contributed by atoms with E-state index in [1.54, 1.807) is 13.0 Å². The van der Waals surface area contributed by atoms with E-state index in [9.17, 15) is 9.18 Å². The van der Waals surface area contributed by atoms with Crippen LogP contribution in [0.5, 0.6) is 0 Å². The van der Waals surface area contributed by atoms with Crippen molar-refractivity contribution < 1.29 is 9.18 Å². The minimum absolute atomic E-state index is 0.165. The van der Waals surface area contributed by atoms with Crippen LogP contribution >= 0.6 is 15.9 Å². The lowest BCUT2D eigenvalue weighted by molar-refractivity contribution is 0.101. The lowest BCUT2D eigenvalue weighted by Gasteiger charge is -2.05. The molecule has 88 valence electrons. The van der Waals surface area contributed by atoms with E-state index in [4.69, 9.17) is 0 Å². The maximum Gasteiger partial charge on any atom is 0.181 e. The Labute approximate surface area is 106 Å². The van der Waals surface area contributed by atoms with Gasteiger partial charge in [0, 0.05) is 17.5 Å². The molecule has 0 atom stereocenters. The van der Waals surface area contributed by atoms with Gasteiger partial charge in [-0.15, -0.1) is 5.10 Å². The number of rotatable bonds is 2. The van der Waals surface area contributed by atoms with E-state index >= 15 is 0 Å². The van der Waals surface area contributed by atoms with Crippen molar-refractivity contribution in [1.82, 2.24) is 15.0 Å². The molecule has 17 heavy (non-hydrogen) atoms. The number of ketones is 1. The van der Waals surface area contributed by atoms with E-state index in [0.29, 0.717) is 21.5 Å². The van der Waals surface area contributed by atoms with Crippen molar-refractivity contribution in [3.63, 3.8) is 0 Å². The molecule has 2 aromatic rings. The van der Waals surface area contributed by atoms with Gasteiger partial charge < -0.3 is 0 Å². The van der Waals surface area contributed by atoms with Crippen molar-refractivity contribution >= 4 is 21.7 Å². The molecule has 0 bridgehead atoms. The zero-order valence-corrected chi connectivity index (χ0v) is 10.8. The Morgan fingerprint density at radius 2 is 2.18 bits per heavy atom. The summed E-state index contributed by atoms with van der Waals surface area (Å²) in [6.07, 6.45) is 0. The number of hydrogen-bond acceptors (Lipinski definition) is 3. The fourth-order valence-corrected chi connectivity index (χ4v) is 1.95. The molecule has 4 nitrogen and oxygen atoms in total. The molecule has 1 aromatic heterocycles. The van der Waals surface area contributed by atoms with Gasteiger partial charge in [-0.2, -0.15) is 0 Å². The molecule has 0 aliphatic carbocycles. The molecule has 0 radical (unpaired) electrons. The third kappa shape index (κ3) is 2.12. The summed E-state index contributed by atoms with van der Waals surface area (Å²) >= 11 is 3.31. The smallest absolute Gasteiger partial charge is 0.181 e. The lowest BCUT2D eigenvalue weighted by atomic mass is 10.2. The fraction of sp³-hybridized carbons (Fsp3) is 0.182. The van der Waals surface area contributed by atoms with Gasteiger partial charge in [0.1, 0.15) is 5.82 Å². The number of benzene rings is 1. The second-order valence-corrected chi connectivity index (χ2v) is 4.44. The van der Waals surface area contributed by atoms with Gasteiger partial charge in [-0.1, -0.05) is 5.21 Å². The van der Waals surface area contributed by atoms with Gasteiger partial charge in [0.25, 0.3) is 0 Å². The maximum absolute atomic E-state index is 13.2. The highest BCUT2D eigenvalue weighted by atomic mass is 79.9. The van der Waals surface area contributed by atoms with Gasteiger partial charge in [-0.3, -0.25) is 4.79 Å². The third-order valence-electron chi connectivity index (χ3n) is 2.36. The molecule has 0 aliphatic heterocycles. The van der Waals surface area contributed by atoms with E-state index in [1.807, 2.05) is 0 Å². The zero-order valence-electron chi connectivity index (χ0n) is 9.24. The quantitative estimate of drug-likeness (QED) is 0.801. The second kappa shape index (κ2) is 4.37. The van der Waals surface area contributed by atoms with E-state index in [2.05, 4.69) is 26.2 Å². The number of carbonyl (C=O) groups is 1. The molecule has 6 heteroatoms. The molecule has 0 saturated heterocycles. The van der Waals surface area contributed by atoms with Crippen LogP contribution in [0, 0.1) is 12.7 Å². The summed E-state index contributed by atoms with van der Waals surface area (Å²) in [4.78, 5) is 11.3. The molecule has 0 unspecified atom stereocenters. The summed E-state index contributed by atoms with van der Waals surface area (Å²) in [7, 11) is 0. The molecule has 0 spiro atoms. The SMILES string of the molecule is CC(=O)c1nnn(-c2cc(F)ccc2Br)c1C. The predicted octanol–water partition coefficient (Wildman–Crippen LogP) is 2.68. The Bertz CT molecular complexity index is 594. The summed E-state index contributed by atoms with van der Waals surface area (Å²) in [5.74, 6) is -0.538. The molecule has 0 saturated carbocycles. The maximum atomic E-state index is 13.2. The molecular formula is C11H9BrFN3O. The number of hydrogen-bond donors (Lipinski definition) is 0. The Hall–Kier alpha value is -1.56. The van der Waals surface area contributed by atoms with E-state index in [-0.39, 0.29) is 11.6 Å². The van der Waals surface area contributed by atoms with Gasteiger partial charge in [-0.05, 0) is 35.0 Å². The molecule has 0 aliphatic rings. The first-order valence-electron chi connectivity index (χ1n) is 4.89. The van der Waals surface area contributed by atoms with Crippen molar-refractivity contribution in [2.24, 2.45) is 0 Å². The first kappa shape index (κ1) is 11.9. The Morgan fingerprint density at radius 3 is 2.76 bits per heavy atom. The van der Waals surface area contributed by atoms with Gasteiger partial charge in [0.05, 0.1) is 11.4 Å². The van der Waals surface area contributed by atoms with Crippen molar-refractivity contribution in [1.29, 1.82) is 0 Å². The van der Waals surface area contributed by atoms with Crippen LogP contribution in [0.3, 0.4) is 0 Å². The molecule has 0 amide bonds. The number of aromatic nitrogens is 3. The first-order chi connectivity index (χ1) is 8.00. The molecule has 0 N–H and O–H groups in total. The molecule has 1 heterocycles. The van der Waals surface area contributed by atoms with Crippen LogP contribution < -0.4 is 0 Å². The number of Topliss-reactive ketones (excluding diaryl/α,β-unsaturated/α-hetero) is 1. The average Bonchev–Trinajstić information content (AvgIpc) is 2.64. The monoisotopic (exact) mass is 297 g/mol. The Balaban J connectivity index is 2.61. The summed E-state index contributed by atoms with van der Waals surface area (Å²) in [6.45, 7) is 3.13. The largest absolute Gasteiger partial charge is 0.293 e. The van der Waals surface area contributed by atoms with Crippen LogP contribution in [-0.4, -0.2) is 20.8 Å². The van der Waals surface area contributed by atoms with Crippen LogP contribution in [0.15, 0.2) is 22.7 Å². The summed E-state index contributed by atoms with van der Waals surface area (Å²) < 4.78 is 15.3. The standard InChI is InChI=1S/C11H9BrFN3O/c1-6-11(7(2)17)14-15-16(6)10-5-8(13)3-4-9(10)12/h3-5H,1-2H3. The number of nitrogens with zero attached hydrogens (tertiary/aromatic N) is 3. The predicted molar refractivity (Wildman–Crippen MR) is 63.8 cm³/mol. The highest BCUT2D eigenvalue weighted by Gasteiger charge is 2.15. The molecular weight excluding hydrogens is 289 g/mol. The number of carbonyl (C=O) groups excluding carboxylic acids is 1. The van der Waals surface area contributed by atoms with Crippen molar-refractivity contribution in [2.75, 3.05) is 0 Å². The minimum atomic E-state index is -0.373. The van der Waals surface area contributed by atoms with Gasteiger partial charge in [0.2, 0.25) is 0 Å².